The van der Waals surface area contributed by atoms with Crippen LogP contribution in [0.3, 0.4) is 0 Å². The van der Waals surface area contributed by atoms with Gasteiger partial charge in [-0.25, -0.2) is 30.7 Å². The third-order valence-electron chi connectivity index (χ3n) is 6.42. The number of alkyl halides is 6. The van der Waals surface area contributed by atoms with E-state index in [2.05, 4.69) is 15.2 Å². The van der Waals surface area contributed by atoms with Crippen molar-refractivity contribution >= 4 is 37.5 Å². The predicted molar refractivity (Wildman–Crippen MR) is 145 cm³/mol. The Balaban J connectivity index is 1.65. The molecule has 0 unspecified atom stereocenters. The molecule has 46 heavy (non-hydrogen) atoms. The van der Waals surface area contributed by atoms with Gasteiger partial charge in [-0.05, 0) is 56.3 Å². The zero-order valence-electron chi connectivity index (χ0n) is 23.8. The van der Waals surface area contributed by atoms with E-state index in [1.807, 2.05) is 4.72 Å². The number of amides is 1. The Bertz CT molecular complexity index is 1840. The Hall–Kier alpha value is -4.11. The van der Waals surface area contributed by atoms with Crippen LogP contribution in [0.4, 0.5) is 46.9 Å². The molecule has 4 rings (SSSR count). The molecule has 2 heterocycles. The molecule has 12 nitrogen and oxygen atoms in total. The van der Waals surface area contributed by atoms with Crippen LogP contribution >= 0.6 is 0 Å². The Morgan fingerprint density at radius 2 is 1.67 bits per heavy atom. The Morgan fingerprint density at radius 1 is 1.04 bits per heavy atom. The summed E-state index contributed by atoms with van der Waals surface area (Å²) in [5, 5.41) is 5.20. The zero-order valence-corrected chi connectivity index (χ0v) is 25.4. The zero-order chi connectivity index (χ0) is 34.5. The molecule has 0 radical (unpaired) electrons. The number of carbonyl (C=O) groups excluding carboxylic acids is 1. The molecule has 0 saturated heterocycles. The average molecular weight is 704 g/mol. The number of ether oxygens (including phenoxy) is 2. The molecule has 1 aliphatic rings. The van der Waals surface area contributed by atoms with E-state index < -0.39 is 84.6 Å². The molecule has 1 aliphatic heterocycles. The lowest BCUT2D eigenvalue weighted by atomic mass is 10.1. The maximum Gasteiger partial charge on any atom is 0.436 e. The van der Waals surface area contributed by atoms with Gasteiger partial charge in [-0.3, -0.25) is 14.3 Å². The summed E-state index contributed by atoms with van der Waals surface area (Å²) >= 11 is 0. The maximum atomic E-state index is 13.7. The van der Waals surface area contributed by atoms with Gasteiger partial charge < -0.3 is 9.47 Å². The molecule has 0 fully saturated rings. The van der Waals surface area contributed by atoms with Crippen molar-refractivity contribution in [1.29, 1.82) is 0 Å². The number of carbonyl (C=O) groups is 1. The first kappa shape index (κ1) is 34.8. The van der Waals surface area contributed by atoms with E-state index in [1.54, 1.807) is 0 Å². The number of rotatable bonds is 8. The molecule has 1 amide bonds. The molecule has 0 spiro atoms. The van der Waals surface area contributed by atoms with Crippen molar-refractivity contribution in [2.24, 2.45) is 7.05 Å². The molecule has 1 atom stereocenters. The summed E-state index contributed by atoms with van der Waals surface area (Å²) in [5.41, 5.74) is -5.08. The number of nitrogens with one attached hydrogen (secondary N) is 2. The first-order chi connectivity index (χ1) is 21.0. The third kappa shape index (κ3) is 7.30. The fourth-order valence-corrected chi connectivity index (χ4v) is 6.79. The van der Waals surface area contributed by atoms with E-state index in [0.717, 1.165) is 49.5 Å². The topological polar surface area (TPSA) is 149 Å². The molecule has 2 aromatic carbocycles. The highest BCUT2D eigenvalue weighted by atomic mass is 32.2. The maximum absolute atomic E-state index is 13.7. The van der Waals surface area contributed by atoms with Gasteiger partial charge in [-0.2, -0.15) is 31.4 Å². The van der Waals surface area contributed by atoms with E-state index in [4.69, 9.17) is 4.74 Å². The van der Waals surface area contributed by atoms with Crippen molar-refractivity contribution in [3.8, 4) is 5.75 Å². The SMILES string of the molecule is Cn1cc(S(=O)(=O)NC[C@H]2CN(S(=O)(=O)c3ccc(F)cc3)c3cc(NC(=O)OC(C)(C)C(F)(F)F)ccc3O2)c(C(F)(F)F)n1. The van der Waals surface area contributed by atoms with Crippen molar-refractivity contribution in [3.05, 3.63) is 60.2 Å². The monoisotopic (exact) mass is 703 g/mol. The van der Waals surface area contributed by atoms with Crippen LogP contribution in [0.25, 0.3) is 0 Å². The number of aryl methyl sites for hydroxylation is 1. The second-order valence-corrected chi connectivity index (χ2v) is 13.9. The molecule has 252 valence electrons. The largest absolute Gasteiger partial charge is 0.485 e. The predicted octanol–water partition coefficient (Wildman–Crippen LogP) is 4.40. The van der Waals surface area contributed by atoms with Crippen LogP contribution in [-0.2, 0) is 38.0 Å². The Labute approximate surface area is 257 Å². The summed E-state index contributed by atoms with van der Waals surface area (Å²) < 4.78 is 160. The number of anilines is 2. The lowest BCUT2D eigenvalue weighted by molar-refractivity contribution is -0.242. The van der Waals surface area contributed by atoms with E-state index in [1.165, 1.54) is 0 Å². The highest BCUT2D eigenvalue weighted by Gasteiger charge is 2.51. The lowest BCUT2D eigenvalue weighted by Gasteiger charge is -2.36. The van der Waals surface area contributed by atoms with Gasteiger partial charge in [0.2, 0.25) is 15.6 Å². The normalized spacial score (nSPS) is 16.0. The van der Waals surface area contributed by atoms with Gasteiger partial charge in [0.1, 0.15) is 22.6 Å². The summed E-state index contributed by atoms with van der Waals surface area (Å²) in [7, 11) is -8.39. The van der Waals surface area contributed by atoms with E-state index in [0.29, 0.717) is 29.0 Å². The molecule has 21 heteroatoms. The van der Waals surface area contributed by atoms with Crippen LogP contribution < -0.4 is 19.1 Å². The van der Waals surface area contributed by atoms with Crippen molar-refractivity contribution in [3.63, 3.8) is 0 Å². The van der Waals surface area contributed by atoms with Gasteiger partial charge in [0.25, 0.3) is 10.0 Å². The minimum atomic E-state index is -5.12. The standard InChI is InChI=1S/C25H24F7N5O7S2/c1-23(2,25(30,31)32)44-22(38)34-15-6-9-19-18(10-15)37(46(41,42)17-7-4-14(26)5-8-17)12-16(43-19)11-33-45(39,40)20-13-36(3)35-21(20)24(27,28)29/h4-10,13,16,33H,11-12H2,1-3H3,(H,34,38)/t16-/m0/s1. The number of sulfonamides is 2. The van der Waals surface area contributed by atoms with Crippen LogP contribution in [0, 0.1) is 5.82 Å². The van der Waals surface area contributed by atoms with Gasteiger partial charge in [0, 0.05) is 25.5 Å². The highest BCUT2D eigenvalue weighted by Crippen LogP contribution is 2.40. The third-order valence-corrected chi connectivity index (χ3v) is 9.64. The summed E-state index contributed by atoms with van der Waals surface area (Å²) in [4.78, 5) is 10.6. The second-order valence-electron chi connectivity index (χ2n) is 10.3. The number of aromatic nitrogens is 2. The van der Waals surface area contributed by atoms with Crippen molar-refractivity contribution < 1.29 is 61.8 Å². The molecule has 0 bridgehead atoms. The van der Waals surface area contributed by atoms with E-state index in [-0.39, 0.29) is 17.1 Å². The molecular formula is C25H24F7N5O7S2. The molecule has 3 aromatic rings. The first-order valence-electron chi connectivity index (χ1n) is 12.8. The van der Waals surface area contributed by atoms with E-state index >= 15 is 0 Å². The van der Waals surface area contributed by atoms with Gasteiger partial charge in [-0.15, -0.1) is 0 Å². The minimum absolute atomic E-state index is 0.229. The van der Waals surface area contributed by atoms with Gasteiger partial charge in [0.05, 0.1) is 17.1 Å². The van der Waals surface area contributed by atoms with Crippen molar-refractivity contribution in [1.82, 2.24) is 14.5 Å². The van der Waals surface area contributed by atoms with Gasteiger partial charge >= 0.3 is 18.4 Å². The number of hydrogen-bond donors (Lipinski definition) is 2. The molecule has 2 N–H and O–H groups in total. The van der Waals surface area contributed by atoms with Crippen LogP contribution in [-0.4, -0.2) is 63.7 Å². The summed E-state index contributed by atoms with van der Waals surface area (Å²) in [6, 6.07) is 6.79. The van der Waals surface area contributed by atoms with Gasteiger partial charge in [0.15, 0.2) is 5.69 Å². The van der Waals surface area contributed by atoms with Crippen LogP contribution in [0.15, 0.2) is 58.5 Å². The Kier molecular flexibility index (Phi) is 9.00. The van der Waals surface area contributed by atoms with Gasteiger partial charge in [-0.1, -0.05) is 0 Å². The number of nitrogens with zero attached hydrogens (tertiary/aromatic N) is 3. The summed E-state index contributed by atoms with van der Waals surface area (Å²) in [6.45, 7) is -0.195. The second kappa shape index (κ2) is 11.9. The Morgan fingerprint density at radius 3 is 2.26 bits per heavy atom. The smallest absolute Gasteiger partial charge is 0.436 e. The number of halogens is 7. The summed E-state index contributed by atoms with van der Waals surface area (Å²) in [5.74, 6) is -0.998. The minimum Gasteiger partial charge on any atom is -0.485 e. The van der Waals surface area contributed by atoms with Crippen LogP contribution in [0.1, 0.15) is 19.5 Å². The average Bonchev–Trinajstić information content (AvgIpc) is 3.34. The summed E-state index contributed by atoms with van der Waals surface area (Å²) in [6.07, 6.45) is -12.3. The van der Waals surface area contributed by atoms with Crippen LogP contribution in [0.2, 0.25) is 0 Å². The number of fused-ring (bicyclic) bond motifs is 1. The fourth-order valence-electron chi connectivity index (χ4n) is 4.03. The fraction of sp³-hybridized carbons (Fsp3) is 0.360. The molecular weight excluding hydrogens is 679 g/mol. The van der Waals surface area contributed by atoms with Crippen molar-refractivity contribution in [2.45, 2.75) is 47.7 Å². The first-order valence-corrected chi connectivity index (χ1v) is 15.7. The number of benzene rings is 2. The van der Waals surface area contributed by atoms with Crippen LogP contribution in [0.5, 0.6) is 5.75 Å². The van der Waals surface area contributed by atoms with E-state index in [9.17, 15) is 52.4 Å². The molecule has 0 aliphatic carbocycles. The lowest BCUT2D eigenvalue weighted by Crippen LogP contribution is -2.48. The molecule has 1 aromatic heterocycles. The molecule has 0 saturated carbocycles. The quantitative estimate of drug-likeness (QED) is 0.328. The van der Waals surface area contributed by atoms with Crippen molar-refractivity contribution in [2.75, 3.05) is 22.7 Å². The number of hydrogen-bond acceptors (Lipinski definition) is 8. The highest BCUT2D eigenvalue weighted by molar-refractivity contribution is 7.92.